The fraction of sp³-hybridized carbons (Fsp3) is 0.818. The molecule has 7 heteroatoms. The average molecular weight is 257 g/mol. The molecule has 1 rings (SSSR count). The molecule has 0 atom stereocenters. The molecule has 0 unspecified atom stereocenters. The zero-order valence-electron chi connectivity index (χ0n) is 11.4. The molecule has 0 aromatic rings. The molecule has 7 nitrogen and oxygen atoms in total. The normalized spacial score (nSPS) is 17.8. The Morgan fingerprint density at radius 2 is 1.72 bits per heavy atom. The van der Waals surface area contributed by atoms with E-state index >= 15 is 0 Å². The second-order valence-electron chi connectivity index (χ2n) is 4.79. The number of amides is 2. The van der Waals surface area contributed by atoms with Gasteiger partial charge in [0.1, 0.15) is 0 Å². The van der Waals surface area contributed by atoms with Gasteiger partial charge in [0.05, 0.1) is 0 Å². The minimum atomic E-state index is -0.585. The largest absolute Gasteiger partial charge is 0.347 e. The van der Waals surface area contributed by atoms with Gasteiger partial charge in [-0.15, -0.1) is 0 Å². The first-order valence-corrected chi connectivity index (χ1v) is 6.16. The molecule has 1 aliphatic heterocycles. The number of piperazine rings is 1. The van der Waals surface area contributed by atoms with Crippen LogP contribution in [0.25, 0.3) is 0 Å². The van der Waals surface area contributed by atoms with Crippen molar-refractivity contribution < 1.29 is 9.59 Å². The topological polar surface area (TPSA) is 67.9 Å². The molecular weight excluding hydrogens is 234 g/mol. The Balaban J connectivity index is 2.21. The zero-order chi connectivity index (χ0) is 13.5. The number of hydrogen-bond acceptors (Lipinski definition) is 5. The van der Waals surface area contributed by atoms with Crippen molar-refractivity contribution in [1.29, 1.82) is 0 Å². The van der Waals surface area contributed by atoms with E-state index in [0.717, 1.165) is 26.2 Å². The lowest BCUT2D eigenvalue weighted by Crippen LogP contribution is -2.55. The number of hydrazine groups is 1. The van der Waals surface area contributed by atoms with Crippen LogP contribution >= 0.6 is 0 Å². The van der Waals surface area contributed by atoms with Crippen LogP contribution in [-0.2, 0) is 9.59 Å². The summed E-state index contributed by atoms with van der Waals surface area (Å²) in [6, 6.07) is 0. The number of hydrogen-bond donors (Lipinski definition) is 2. The summed E-state index contributed by atoms with van der Waals surface area (Å²) in [6.07, 6.45) is 0. The van der Waals surface area contributed by atoms with Gasteiger partial charge in [0.25, 0.3) is 0 Å². The number of likely N-dealkylation sites (N-methyl/N-ethyl adjacent to an activating group) is 2. The van der Waals surface area contributed by atoms with Gasteiger partial charge in [-0.3, -0.25) is 15.0 Å². The summed E-state index contributed by atoms with van der Waals surface area (Å²) in [5.41, 5.74) is 2.62. The third kappa shape index (κ3) is 5.44. The van der Waals surface area contributed by atoms with E-state index in [4.69, 9.17) is 0 Å². The Morgan fingerprint density at radius 3 is 2.28 bits per heavy atom. The lowest BCUT2D eigenvalue weighted by Gasteiger charge is -2.32. The first kappa shape index (κ1) is 14.9. The average Bonchev–Trinajstić information content (AvgIpc) is 2.31. The Labute approximate surface area is 108 Å². The molecule has 0 spiro atoms. The van der Waals surface area contributed by atoms with Gasteiger partial charge in [-0.05, 0) is 21.1 Å². The number of nitrogens with zero attached hydrogens (tertiary/aromatic N) is 3. The van der Waals surface area contributed by atoms with Gasteiger partial charge < -0.3 is 15.1 Å². The summed E-state index contributed by atoms with van der Waals surface area (Å²) in [7, 11) is 5.86. The molecule has 1 heterocycles. The first-order chi connectivity index (χ1) is 8.49. The van der Waals surface area contributed by atoms with Gasteiger partial charge in [-0.25, -0.2) is 5.01 Å². The second-order valence-corrected chi connectivity index (χ2v) is 4.79. The Bertz CT molecular complexity index is 287. The number of carbonyl (C=O) groups excluding carboxylic acids is 2. The number of carbonyl (C=O) groups is 2. The lowest BCUT2D eigenvalue weighted by atomic mass is 10.4. The second kappa shape index (κ2) is 7.30. The predicted molar refractivity (Wildman–Crippen MR) is 68.8 cm³/mol. The van der Waals surface area contributed by atoms with Gasteiger partial charge in [-0.1, -0.05) is 0 Å². The standard InChI is InChI=1S/C11H23N5O2/c1-14(2)5-4-12-10(17)11(18)13-16-8-6-15(3)7-9-16/h4-9H2,1-3H3,(H,12,17)(H,13,18). The highest BCUT2D eigenvalue weighted by Gasteiger charge is 2.19. The quantitative estimate of drug-likeness (QED) is 0.567. The number of nitrogens with one attached hydrogen (secondary N) is 2. The van der Waals surface area contributed by atoms with E-state index in [0.29, 0.717) is 13.1 Å². The van der Waals surface area contributed by atoms with E-state index < -0.39 is 11.8 Å². The monoisotopic (exact) mass is 257 g/mol. The molecule has 0 radical (unpaired) electrons. The molecule has 1 saturated heterocycles. The fourth-order valence-electron chi connectivity index (χ4n) is 1.59. The van der Waals surface area contributed by atoms with Gasteiger partial charge in [0, 0.05) is 39.3 Å². The van der Waals surface area contributed by atoms with Crippen LogP contribution < -0.4 is 10.7 Å². The van der Waals surface area contributed by atoms with Crippen molar-refractivity contribution in [2.24, 2.45) is 0 Å². The fourth-order valence-corrected chi connectivity index (χ4v) is 1.59. The molecule has 0 aromatic heterocycles. The molecule has 0 aliphatic carbocycles. The van der Waals surface area contributed by atoms with Gasteiger partial charge in [0.15, 0.2) is 0 Å². The summed E-state index contributed by atoms with van der Waals surface area (Å²) < 4.78 is 0. The molecule has 0 saturated carbocycles. The van der Waals surface area contributed by atoms with Crippen LogP contribution in [0.4, 0.5) is 0 Å². The molecule has 0 aromatic carbocycles. The van der Waals surface area contributed by atoms with Crippen molar-refractivity contribution in [2.45, 2.75) is 0 Å². The van der Waals surface area contributed by atoms with Crippen molar-refractivity contribution in [3.05, 3.63) is 0 Å². The maximum absolute atomic E-state index is 11.6. The lowest BCUT2D eigenvalue weighted by molar-refractivity contribution is -0.142. The Morgan fingerprint density at radius 1 is 1.11 bits per heavy atom. The van der Waals surface area contributed by atoms with Crippen LogP contribution in [0.5, 0.6) is 0 Å². The van der Waals surface area contributed by atoms with E-state index in [1.165, 1.54) is 0 Å². The van der Waals surface area contributed by atoms with Crippen molar-refractivity contribution in [3.8, 4) is 0 Å². The summed E-state index contributed by atoms with van der Waals surface area (Å²) >= 11 is 0. The third-order valence-electron chi connectivity index (χ3n) is 2.81. The maximum Gasteiger partial charge on any atom is 0.323 e. The molecular formula is C11H23N5O2. The molecule has 104 valence electrons. The van der Waals surface area contributed by atoms with E-state index in [2.05, 4.69) is 15.6 Å². The highest BCUT2D eigenvalue weighted by Crippen LogP contribution is 1.94. The van der Waals surface area contributed by atoms with Crippen LogP contribution in [0.3, 0.4) is 0 Å². The molecule has 2 N–H and O–H groups in total. The van der Waals surface area contributed by atoms with E-state index in [1.54, 1.807) is 5.01 Å². The van der Waals surface area contributed by atoms with Crippen molar-refractivity contribution >= 4 is 11.8 Å². The van der Waals surface area contributed by atoms with Gasteiger partial charge >= 0.3 is 11.8 Å². The molecule has 0 bridgehead atoms. The van der Waals surface area contributed by atoms with Crippen molar-refractivity contribution in [1.82, 2.24) is 25.6 Å². The minimum Gasteiger partial charge on any atom is -0.347 e. The molecule has 1 fully saturated rings. The highest BCUT2D eigenvalue weighted by molar-refractivity contribution is 6.34. The van der Waals surface area contributed by atoms with Crippen LogP contribution in [0.1, 0.15) is 0 Å². The van der Waals surface area contributed by atoms with Crippen molar-refractivity contribution in [3.63, 3.8) is 0 Å². The summed E-state index contributed by atoms with van der Waals surface area (Å²) in [5.74, 6) is -1.16. The summed E-state index contributed by atoms with van der Waals surface area (Å²) in [5, 5.41) is 4.37. The van der Waals surface area contributed by atoms with Crippen LogP contribution in [-0.4, -0.2) is 87.0 Å². The molecule has 1 aliphatic rings. The third-order valence-corrected chi connectivity index (χ3v) is 2.81. The summed E-state index contributed by atoms with van der Waals surface area (Å²) in [6.45, 7) is 4.46. The number of rotatable bonds is 4. The minimum absolute atomic E-state index is 0.474. The Hall–Kier alpha value is -1.18. The van der Waals surface area contributed by atoms with Gasteiger partial charge in [-0.2, -0.15) is 0 Å². The maximum atomic E-state index is 11.6. The van der Waals surface area contributed by atoms with Crippen molar-refractivity contribution in [2.75, 3.05) is 60.4 Å². The highest BCUT2D eigenvalue weighted by atomic mass is 16.2. The van der Waals surface area contributed by atoms with E-state index in [1.807, 2.05) is 26.0 Å². The SMILES string of the molecule is CN(C)CCNC(=O)C(=O)NN1CCN(C)CC1. The van der Waals surface area contributed by atoms with Crippen LogP contribution in [0.15, 0.2) is 0 Å². The van der Waals surface area contributed by atoms with Gasteiger partial charge in [0.2, 0.25) is 0 Å². The predicted octanol–water partition coefficient (Wildman–Crippen LogP) is -2.06. The first-order valence-electron chi connectivity index (χ1n) is 6.16. The molecule has 18 heavy (non-hydrogen) atoms. The van der Waals surface area contributed by atoms with Crippen LogP contribution in [0, 0.1) is 0 Å². The smallest absolute Gasteiger partial charge is 0.323 e. The van der Waals surface area contributed by atoms with E-state index in [9.17, 15) is 9.59 Å². The van der Waals surface area contributed by atoms with E-state index in [-0.39, 0.29) is 0 Å². The molecule has 2 amide bonds. The zero-order valence-corrected chi connectivity index (χ0v) is 11.4. The summed E-state index contributed by atoms with van der Waals surface area (Å²) in [4.78, 5) is 27.2. The Kier molecular flexibility index (Phi) is 6.03. The van der Waals surface area contributed by atoms with Crippen LogP contribution in [0.2, 0.25) is 0 Å².